The minimum absolute atomic E-state index is 0.0111. The molecule has 4 heterocycles. The fourth-order valence-corrected chi connectivity index (χ4v) is 12.6. The van der Waals surface area contributed by atoms with E-state index in [0.29, 0.717) is 12.0 Å². The van der Waals surface area contributed by atoms with Gasteiger partial charge in [0.25, 0.3) is 11.8 Å². The summed E-state index contributed by atoms with van der Waals surface area (Å²) in [4.78, 5) is 74.6. The van der Waals surface area contributed by atoms with Crippen molar-refractivity contribution in [1.82, 2.24) is 4.90 Å². The molecule has 0 bridgehead atoms. The fraction of sp³-hybridized carbons (Fsp3) is 0.453. The van der Waals surface area contributed by atoms with Crippen molar-refractivity contribution in [2.45, 2.75) is 191 Å². The Bertz CT molecular complexity index is 3490. The Balaban J connectivity index is 1.14. The van der Waals surface area contributed by atoms with Crippen molar-refractivity contribution in [1.29, 1.82) is 0 Å². The number of benzene rings is 6. The number of ether oxygens (including phenoxy) is 14. The van der Waals surface area contributed by atoms with Crippen LogP contribution in [0.2, 0.25) is 0 Å². The highest BCUT2D eigenvalue weighted by atomic mass is 16.8. The summed E-state index contributed by atoms with van der Waals surface area (Å²) in [6.45, 7) is 5.11. The van der Waals surface area contributed by atoms with Crippen molar-refractivity contribution in [2.24, 2.45) is 5.11 Å². The van der Waals surface area contributed by atoms with Gasteiger partial charge in [0.15, 0.2) is 37.2 Å². The van der Waals surface area contributed by atoms with Gasteiger partial charge >= 0.3 is 17.9 Å². The molecule has 0 saturated carbocycles. The van der Waals surface area contributed by atoms with E-state index in [4.69, 9.17) is 66.3 Å². The number of carbonyl (C=O) groups is 5. The summed E-state index contributed by atoms with van der Waals surface area (Å²) < 4.78 is 95.2. The first-order valence-electron chi connectivity index (χ1n) is 33.5. The number of amides is 2. The van der Waals surface area contributed by atoms with Crippen molar-refractivity contribution in [3.8, 4) is 0 Å². The summed E-state index contributed by atoms with van der Waals surface area (Å²) in [6.07, 6.45) is -14.2. The molecule has 6 aromatic rings. The number of rotatable bonds is 35. The quantitative estimate of drug-likeness (QED) is 0.00680. The molecule has 3 saturated heterocycles. The number of fused-ring (bicyclic) bond motifs is 1. The number of imide groups is 1. The molecule has 0 N–H and O–H groups in total. The molecule has 2 amide bonds. The Morgan fingerprint density at radius 3 is 1.34 bits per heavy atom. The Labute approximate surface area is 570 Å². The number of unbranched alkanes of at least 4 members (excludes halogenated alkanes) is 5. The third-order valence-electron chi connectivity index (χ3n) is 17.2. The molecule has 15 atom stereocenters. The number of hydrogen-bond donors (Lipinski definition) is 0. The van der Waals surface area contributed by atoms with Gasteiger partial charge in [-0.05, 0) is 51.9 Å². The van der Waals surface area contributed by atoms with Gasteiger partial charge in [0.2, 0.25) is 0 Å². The van der Waals surface area contributed by atoms with Gasteiger partial charge in [-0.15, -0.1) is 0 Å². The second-order valence-electron chi connectivity index (χ2n) is 24.4. The van der Waals surface area contributed by atoms with E-state index in [2.05, 4.69) is 16.9 Å². The molecular weight excluding hydrogens is 1260 g/mol. The van der Waals surface area contributed by atoms with Crippen molar-refractivity contribution < 1.29 is 90.3 Å². The lowest BCUT2D eigenvalue weighted by Gasteiger charge is -2.52. The number of hydrogen-bond acceptors (Lipinski definition) is 20. The minimum Gasteiger partial charge on any atom is -0.456 e. The van der Waals surface area contributed by atoms with Crippen LogP contribution >= 0.6 is 0 Å². The molecule has 520 valence electrons. The third-order valence-corrected chi connectivity index (χ3v) is 17.2. The van der Waals surface area contributed by atoms with Crippen LogP contribution in [0.4, 0.5) is 0 Å². The number of azide groups is 1. The van der Waals surface area contributed by atoms with Crippen LogP contribution in [0.1, 0.15) is 115 Å². The van der Waals surface area contributed by atoms with Gasteiger partial charge in [-0.2, -0.15) is 0 Å². The first-order chi connectivity index (χ1) is 47.9. The summed E-state index contributed by atoms with van der Waals surface area (Å²) in [7, 11) is 0. The molecule has 0 aromatic heterocycles. The van der Waals surface area contributed by atoms with Gasteiger partial charge in [0.05, 0.1) is 63.9 Å². The van der Waals surface area contributed by atoms with Gasteiger partial charge < -0.3 is 66.3 Å². The molecule has 0 aliphatic carbocycles. The van der Waals surface area contributed by atoms with E-state index >= 15 is 9.59 Å². The summed E-state index contributed by atoms with van der Waals surface area (Å²) in [5, 5.41) is 3.75. The fourth-order valence-electron chi connectivity index (χ4n) is 12.6. The summed E-state index contributed by atoms with van der Waals surface area (Å²) in [5.74, 6) is -4.06. The van der Waals surface area contributed by atoms with Crippen molar-refractivity contribution >= 4 is 29.7 Å². The van der Waals surface area contributed by atoms with E-state index in [-0.39, 0.29) is 64.0 Å². The molecule has 0 radical (unpaired) electrons. The topological polar surface area (TPSA) is 267 Å². The third kappa shape index (κ3) is 19.8. The maximum absolute atomic E-state index is 15.6. The smallest absolute Gasteiger partial charge is 0.303 e. The minimum atomic E-state index is -1.83. The van der Waals surface area contributed by atoms with E-state index < -0.39 is 128 Å². The predicted molar refractivity (Wildman–Crippen MR) is 354 cm³/mol. The van der Waals surface area contributed by atoms with Gasteiger partial charge in [-0.1, -0.05) is 208 Å². The Kier molecular flexibility index (Phi) is 27.4. The Morgan fingerprint density at radius 1 is 0.429 bits per heavy atom. The first kappa shape index (κ1) is 72.5. The Morgan fingerprint density at radius 2 is 0.837 bits per heavy atom. The monoisotopic (exact) mass is 1350 g/mol. The van der Waals surface area contributed by atoms with Crippen molar-refractivity contribution in [3.63, 3.8) is 0 Å². The average Bonchev–Trinajstić information content (AvgIpc) is 1.42. The van der Waals surface area contributed by atoms with Crippen LogP contribution in [0, 0.1) is 0 Å². The van der Waals surface area contributed by atoms with E-state index in [1.54, 1.807) is 24.3 Å². The average molecular weight is 1350 g/mol. The lowest BCUT2D eigenvalue weighted by molar-refractivity contribution is -0.383. The van der Waals surface area contributed by atoms with E-state index in [0.717, 1.165) is 80.0 Å². The zero-order chi connectivity index (χ0) is 68.6. The zero-order valence-corrected chi connectivity index (χ0v) is 55.6. The van der Waals surface area contributed by atoms with Crippen molar-refractivity contribution in [2.75, 3.05) is 26.4 Å². The molecule has 23 heteroatoms. The standard InChI is InChI=1S/C75H86N4O19/c1-5-6-7-8-9-27-40-87-74-69(67(90-46-56-36-23-14-24-37-56)63(88-44-54-32-19-12-20-33-54)60(96-74)47-85-42-52-28-15-10-16-29-52)98-73-62(79-71(83)57-38-25-26-39-58(57)72(79)84)66(89-45-55-34-21-13-22-35-55)65(61(95-73)48-86-43-53-30-17-11-18-31-53)97-75-70(93-51(4)82)68(92-50(3)81)64(91-49(2)80)59(94-75)41-77-78-76/h10-26,28-39,59-70,73-75H,5-9,27,40-48H2,1-4H3/t59-,60-,61-,62-,63-,64+,65-,66-,67+,68+,69+,70-,73+,74+,75+/m1/s1. The molecule has 23 nitrogen and oxygen atoms in total. The SMILES string of the molecule is CCCCCCCCO[C@H]1O[C@H](COCc2ccccc2)[C@@H](OCc2ccccc2)[C@H](OCc2ccccc2)[C@@H]1O[C@@H]1O[C@H](COCc2ccccc2)[C@@H](O[C@@H]2O[C@H](CN=[N+]=[N-])[C@H](OC(C)=O)[C@H](OC(C)=O)[C@H]2OC(C)=O)[C@H](OCc2ccccc2)[C@H]1N1C(=O)c2ccccc2C1=O. The summed E-state index contributed by atoms with van der Waals surface area (Å²) in [6, 6.07) is 52.2. The second kappa shape index (κ2) is 37.1. The van der Waals surface area contributed by atoms with Gasteiger partial charge in [0.1, 0.15) is 54.9 Å². The highest BCUT2D eigenvalue weighted by molar-refractivity contribution is 6.21. The van der Waals surface area contributed by atoms with E-state index in [9.17, 15) is 19.9 Å². The lowest BCUT2D eigenvalue weighted by atomic mass is 9.93. The molecule has 3 fully saturated rings. The number of esters is 3. The van der Waals surface area contributed by atoms with Crippen LogP contribution in [-0.4, -0.2) is 153 Å². The van der Waals surface area contributed by atoms with Gasteiger partial charge in [-0.25, -0.2) is 0 Å². The maximum Gasteiger partial charge on any atom is 0.303 e. The highest BCUT2D eigenvalue weighted by Gasteiger charge is 2.61. The van der Waals surface area contributed by atoms with Crippen LogP contribution in [0.5, 0.6) is 0 Å². The van der Waals surface area contributed by atoms with Gasteiger partial charge in [0, 0.05) is 32.3 Å². The molecule has 0 unspecified atom stereocenters. The van der Waals surface area contributed by atoms with Crippen LogP contribution in [0.15, 0.2) is 181 Å². The largest absolute Gasteiger partial charge is 0.456 e. The molecular formula is C75H86N4O19. The molecule has 4 aliphatic heterocycles. The van der Waals surface area contributed by atoms with Crippen molar-refractivity contribution in [3.05, 3.63) is 225 Å². The first-order valence-corrected chi connectivity index (χ1v) is 33.5. The number of carbonyl (C=O) groups excluding carboxylic acids is 5. The predicted octanol–water partition coefficient (Wildman–Crippen LogP) is 11.3. The zero-order valence-electron chi connectivity index (χ0n) is 55.6. The Hall–Kier alpha value is -8.26. The van der Waals surface area contributed by atoms with Crippen LogP contribution in [0.3, 0.4) is 0 Å². The van der Waals surface area contributed by atoms with E-state index in [1.807, 2.05) is 152 Å². The van der Waals surface area contributed by atoms with Gasteiger partial charge in [-0.3, -0.25) is 28.9 Å². The summed E-state index contributed by atoms with van der Waals surface area (Å²) >= 11 is 0. The molecule has 6 aromatic carbocycles. The lowest BCUT2D eigenvalue weighted by Crippen LogP contribution is -2.71. The number of nitrogens with zero attached hydrogens (tertiary/aromatic N) is 4. The molecule has 4 aliphatic rings. The molecule has 98 heavy (non-hydrogen) atoms. The van der Waals surface area contributed by atoms with Crippen LogP contribution in [-0.2, 0) is 114 Å². The van der Waals surface area contributed by atoms with E-state index in [1.165, 1.54) is 0 Å². The normalized spacial score (nSPS) is 26.0. The molecule has 0 spiro atoms. The summed E-state index contributed by atoms with van der Waals surface area (Å²) in [5.41, 5.74) is 13.9. The second-order valence-corrected chi connectivity index (χ2v) is 24.4. The van der Waals surface area contributed by atoms with Crippen LogP contribution in [0.25, 0.3) is 10.4 Å². The van der Waals surface area contributed by atoms with Crippen LogP contribution < -0.4 is 0 Å². The highest BCUT2D eigenvalue weighted by Crippen LogP contribution is 2.42. The maximum atomic E-state index is 15.6. The molecule has 10 rings (SSSR count).